The smallest absolute Gasteiger partial charge is 0.373 e. The topological polar surface area (TPSA) is 231 Å². The molecule has 0 saturated heterocycles. The summed E-state index contributed by atoms with van der Waals surface area (Å²) in [7, 11) is 3.32. The number of nitrogens with zero attached hydrogens (tertiary/aromatic N) is 8. The van der Waals surface area contributed by atoms with Crippen molar-refractivity contribution in [2.45, 2.75) is 53.6 Å². The van der Waals surface area contributed by atoms with Crippen molar-refractivity contribution in [3.05, 3.63) is 175 Å². The van der Waals surface area contributed by atoms with E-state index < -0.39 is 0 Å². The van der Waals surface area contributed by atoms with Crippen LogP contribution in [0.15, 0.2) is 140 Å². The second kappa shape index (κ2) is 24.2. The third kappa shape index (κ3) is 12.2. The molecule has 0 unspecified atom stereocenters. The molecule has 0 aliphatic carbocycles. The first-order valence-electron chi connectivity index (χ1n) is 23.4. The van der Waals surface area contributed by atoms with Crippen LogP contribution in [-0.2, 0) is 54.7 Å². The van der Waals surface area contributed by atoms with Gasteiger partial charge < -0.3 is 18.6 Å². The maximum absolute atomic E-state index is 13.4. The zero-order chi connectivity index (χ0) is 54.8. The van der Waals surface area contributed by atoms with Crippen LogP contribution in [0.4, 0.5) is 11.4 Å². The number of oxazole rings is 2. The van der Waals surface area contributed by atoms with E-state index in [-0.39, 0.29) is 48.3 Å². The van der Waals surface area contributed by atoms with Crippen LogP contribution in [0.1, 0.15) is 36.8 Å². The van der Waals surface area contributed by atoms with E-state index in [0.717, 1.165) is 56.9 Å². The van der Waals surface area contributed by atoms with Gasteiger partial charge in [0.2, 0.25) is 11.8 Å². The van der Waals surface area contributed by atoms with Gasteiger partial charge in [-0.1, -0.05) is 79.5 Å². The van der Waals surface area contributed by atoms with Gasteiger partial charge in [0, 0.05) is 83.4 Å². The number of rotatable bonds is 10. The summed E-state index contributed by atoms with van der Waals surface area (Å²) >= 11 is 12.5. The summed E-state index contributed by atoms with van der Waals surface area (Å²) in [4.78, 5) is 97.2. The Morgan fingerprint density at radius 2 is 0.947 bits per heavy atom. The first kappa shape index (κ1) is 54.6. The third-order valence-corrected chi connectivity index (χ3v) is 12.6. The highest BCUT2D eigenvalue weighted by atomic mass is 35.5. The van der Waals surface area contributed by atoms with Crippen molar-refractivity contribution < 1.29 is 37.6 Å². The second-order valence-corrected chi connectivity index (χ2v) is 17.8. The summed E-state index contributed by atoms with van der Waals surface area (Å²) < 4.78 is 13.6. The predicted molar refractivity (Wildman–Crippen MR) is 286 cm³/mol. The molecule has 0 spiro atoms. The standard InChI is InChI=1S/2C27H23ClN4O3.2CO2/c1-4-17-8-10-21-22(12-17)26(18-6-5-7-19(28)13-18)30-32(27(21)34)15-25(33)31(3)20-9-11-23-24(14-20)35-16(2)29-23;1-4-17-8-10-21-22(12-17)27(34)32(30-26(21)18-6-5-7-19(28)13-18)15-25(33)31(3)20-9-11-23-24(14-20)35-16(2)29-23;2*2-1-3/h2*5-14H,4,15H2,1-3H3;;. The Balaban J connectivity index is 0.000000201. The number of aryl methyl sites for hydroxylation is 4. The molecule has 0 N–H and O–H groups in total. The molecule has 4 heterocycles. The number of anilines is 2. The van der Waals surface area contributed by atoms with Crippen molar-refractivity contribution in [1.82, 2.24) is 29.5 Å². The van der Waals surface area contributed by atoms with E-state index in [4.69, 9.17) is 51.2 Å². The van der Waals surface area contributed by atoms with Crippen LogP contribution >= 0.6 is 23.2 Å². The lowest BCUT2D eigenvalue weighted by molar-refractivity contribution is -0.193. The van der Waals surface area contributed by atoms with E-state index in [2.05, 4.69) is 27.1 Å². The molecule has 0 fully saturated rings. The van der Waals surface area contributed by atoms with Crippen LogP contribution < -0.4 is 20.9 Å². The van der Waals surface area contributed by atoms with Crippen molar-refractivity contribution in [1.29, 1.82) is 0 Å². The number of likely N-dealkylation sites (N-methyl/N-ethyl adjacent to an activating group) is 2. The van der Waals surface area contributed by atoms with Gasteiger partial charge in [0.1, 0.15) is 24.1 Å². The van der Waals surface area contributed by atoms with E-state index >= 15 is 0 Å². The highest BCUT2D eigenvalue weighted by molar-refractivity contribution is 6.31. The number of hydrogen-bond donors (Lipinski definition) is 0. The Hall–Kier alpha value is -9.18. The Morgan fingerprint density at radius 3 is 1.38 bits per heavy atom. The fraction of sp³-hybridized carbons (Fsp3) is 0.179. The van der Waals surface area contributed by atoms with Gasteiger partial charge >= 0.3 is 12.3 Å². The number of halogens is 2. The van der Waals surface area contributed by atoms with Gasteiger partial charge in [-0.2, -0.15) is 29.4 Å². The zero-order valence-electron chi connectivity index (χ0n) is 41.8. The van der Waals surface area contributed by atoms with E-state index in [9.17, 15) is 19.2 Å². The third-order valence-electron chi connectivity index (χ3n) is 12.1. The summed E-state index contributed by atoms with van der Waals surface area (Å²) in [6.07, 6.45) is 2.11. The second-order valence-electron chi connectivity index (χ2n) is 17.0. The van der Waals surface area contributed by atoms with Crippen LogP contribution in [0.25, 0.3) is 66.3 Å². The molecule has 20 heteroatoms. The number of hydrogen-bond acceptors (Lipinski definition) is 14. The minimum atomic E-state index is -0.323. The molecule has 0 atom stereocenters. The van der Waals surface area contributed by atoms with Crippen molar-refractivity contribution in [3.63, 3.8) is 0 Å². The van der Waals surface area contributed by atoms with Gasteiger partial charge in [-0.25, -0.2) is 19.3 Å². The normalized spacial score (nSPS) is 10.6. The van der Waals surface area contributed by atoms with Crippen LogP contribution in [0.2, 0.25) is 10.0 Å². The van der Waals surface area contributed by atoms with Gasteiger partial charge in [0.25, 0.3) is 11.1 Å². The maximum atomic E-state index is 13.4. The van der Waals surface area contributed by atoms with E-state index in [1.54, 1.807) is 94.7 Å². The average Bonchev–Trinajstić information content (AvgIpc) is 4.00. The molecule has 0 aliphatic heterocycles. The van der Waals surface area contributed by atoms with Crippen LogP contribution in [-0.4, -0.2) is 67.7 Å². The van der Waals surface area contributed by atoms with Crippen LogP contribution in [0.5, 0.6) is 0 Å². The Kier molecular flexibility index (Phi) is 17.4. The first-order valence-corrected chi connectivity index (χ1v) is 24.1. The molecule has 384 valence electrons. The lowest BCUT2D eigenvalue weighted by Crippen LogP contribution is -2.35. The molecule has 10 aromatic rings. The van der Waals surface area contributed by atoms with Gasteiger partial charge in [-0.05, 0) is 90.7 Å². The number of benzene rings is 6. The number of amides is 2. The van der Waals surface area contributed by atoms with E-state index in [1.165, 1.54) is 19.2 Å². The quantitative estimate of drug-likeness (QED) is 0.124. The maximum Gasteiger partial charge on any atom is 0.373 e. The monoisotopic (exact) mass is 1060 g/mol. The molecular weight excluding hydrogens is 1020 g/mol. The van der Waals surface area contributed by atoms with Crippen molar-refractivity contribution >= 4 is 102 Å². The number of carbonyl (C=O) groups excluding carboxylic acids is 6. The molecule has 4 aromatic heterocycles. The molecule has 10 rings (SSSR count). The molecule has 6 aromatic carbocycles. The van der Waals surface area contributed by atoms with E-state index in [0.29, 0.717) is 66.5 Å². The van der Waals surface area contributed by atoms with E-state index in [1.807, 2.05) is 61.5 Å². The van der Waals surface area contributed by atoms with Crippen molar-refractivity contribution in [3.8, 4) is 22.5 Å². The molecule has 0 bridgehead atoms. The van der Waals surface area contributed by atoms with Gasteiger partial charge in [-0.15, -0.1) is 0 Å². The number of aromatic nitrogens is 6. The Bertz CT molecular complexity index is 4010. The first-order chi connectivity index (χ1) is 36.5. The van der Waals surface area contributed by atoms with Gasteiger partial charge in [0.05, 0.1) is 22.2 Å². The van der Waals surface area contributed by atoms with Crippen molar-refractivity contribution in [2.24, 2.45) is 0 Å². The van der Waals surface area contributed by atoms with Crippen LogP contribution in [0, 0.1) is 13.8 Å². The minimum absolute atomic E-state index is 0.220. The minimum Gasteiger partial charge on any atom is -0.441 e. The molecule has 0 saturated carbocycles. The Morgan fingerprint density at radius 1 is 0.539 bits per heavy atom. The summed E-state index contributed by atoms with van der Waals surface area (Å²) in [5, 5.41) is 12.8. The molecule has 76 heavy (non-hydrogen) atoms. The summed E-state index contributed by atoms with van der Waals surface area (Å²) in [6.45, 7) is 7.19. The largest absolute Gasteiger partial charge is 0.441 e. The highest BCUT2D eigenvalue weighted by Gasteiger charge is 2.21. The summed E-state index contributed by atoms with van der Waals surface area (Å²) in [5.41, 5.74) is 8.12. The molecule has 2 amide bonds. The lowest BCUT2D eigenvalue weighted by Gasteiger charge is -2.18. The van der Waals surface area contributed by atoms with Gasteiger partial charge in [-0.3, -0.25) is 19.2 Å². The Labute approximate surface area is 442 Å². The fourth-order valence-electron chi connectivity index (χ4n) is 8.25. The zero-order valence-corrected chi connectivity index (χ0v) is 43.3. The molecular formula is C56H46Cl2N8O10. The fourth-order valence-corrected chi connectivity index (χ4v) is 8.63. The lowest BCUT2D eigenvalue weighted by atomic mass is 10.0. The SMILES string of the molecule is CCc1ccc2c(-c3cccc(Cl)c3)nn(CC(=O)N(C)c3ccc4nc(C)oc4c3)c(=O)c2c1.CCc1ccc2c(=O)n(CC(=O)N(C)c3ccc4nc(C)oc4c3)nc(-c3cccc(Cl)c3)c2c1.O=C=O.O=C=O. The molecule has 0 radical (unpaired) electrons. The number of fused-ring (bicyclic) bond motifs is 4. The molecule has 18 nitrogen and oxygen atoms in total. The summed E-state index contributed by atoms with van der Waals surface area (Å²) in [6, 6.07) is 36.8. The highest BCUT2D eigenvalue weighted by Crippen LogP contribution is 2.30. The molecule has 0 aliphatic rings. The average molecular weight is 1060 g/mol. The summed E-state index contributed by atoms with van der Waals surface area (Å²) in [5.74, 6) is 0.519. The van der Waals surface area contributed by atoms with Gasteiger partial charge in [0.15, 0.2) is 22.9 Å². The van der Waals surface area contributed by atoms with Crippen LogP contribution in [0.3, 0.4) is 0 Å². The number of carbonyl (C=O) groups is 2. The van der Waals surface area contributed by atoms with Crippen molar-refractivity contribution in [2.75, 3.05) is 23.9 Å². The predicted octanol–water partition coefficient (Wildman–Crippen LogP) is 9.62.